The van der Waals surface area contributed by atoms with Gasteiger partial charge in [0.15, 0.2) is 9.84 Å². The Morgan fingerprint density at radius 1 is 1.30 bits per heavy atom. The number of hydrazine groups is 1. The fourth-order valence-corrected chi connectivity index (χ4v) is 3.19. The highest BCUT2D eigenvalue weighted by Crippen LogP contribution is 2.27. The van der Waals surface area contributed by atoms with Gasteiger partial charge in [-0.2, -0.15) is 0 Å². The number of hydrogen-bond acceptors (Lipinski definition) is 5. The lowest BCUT2D eigenvalue weighted by atomic mass is 9.90. The fourth-order valence-electron chi connectivity index (χ4n) is 2.56. The van der Waals surface area contributed by atoms with Crippen molar-refractivity contribution in [1.82, 2.24) is 5.43 Å². The van der Waals surface area contributed by atoms with Crippen molar-refractivity contribution in [2.75, 3.05) is 19.5 Å². The first-order chi connectivity index (χ1) is 9.50. The van der Waals surface area contributed by atoms with Crippen LogP contribution in [0.15, 0.2) is 29.2 Å². The number of hydrogen-bond donors (Lipinski definition) is 2. The number of rotatable bonds is 5. The lowest BCUT2D eigenvalue weighted by molar-refractivity contribution is 0.0605. The van der Waals surface area contributed by atoms with Crippen molar-refractivity contribution in [1.29, 1.82) is 0 Å². The molecular weight excluding hydrogens is 276 g/mol. The molecule has 1 aromatic carbocycles. The zero-order valence-electron chi connectivity index (χ0n) is 11.7. The molecule has 1 aliphatic rings. The number of sulfone groups is 1. The van der Waals surface area contributed by atoms with Gasteiger partial charge in [0.25, 0.3) is 0 Å². The molecule has 1 fully saturated rings. The summed E-state index contributed by atoms with van der Waals surface area (Å²) in [5.74, 6) is 6.24. The molecule has 1 saturated heterocycles. The molecule has 20 heavy (non-hydrogen) atoms. The maximum absolute atomic E-state index is 11.4. The van der Waals surface area contributed by atoms with Gasteiger partial charge in [0, 0.05) is 25.5 Å². The molecule has 0 saturated carbocycles. The highest BCUT2D eigenvalue weighted by atomic mass is 32.2. The molecule has 1 heterocycles. The number of nitrogens with one attached hydrogen (secondary N) is 1. The molecule has 1 aromatic rings. The molecule has 112 valence electrons. The smallest absolute Gasteiger partial charge is 0.175 e. The van der Waals surface area contributed by atoms with Gasteiger partial charge < -0.3 is 4.74 Å². The van der Waals surface area contributed by atoms with Crippen LogP contribution in [0.2, 0.25) is 0 Å². The molecule has 1 atom stereocenters. The highest BCUT2D eigenvalue weighted by Gasteiger charge is 2.20. The first kappa shape index (κ1) is 15.4. The summed E-state index contributed by atoms with van der Waals surface area (Å²) in [7, 11) is -3.15. The number of benzene rings is 1. The first-order valence-electron chi connectivity index (χ1n) is 6.84. The van der Waals surface area contributed by atoms with Gasteiger partial charge >= 0.3 is 0 Å². The molecule has 1 unspecified atom stereocenters. The Kier molecular flexibility index (Phi) is 5.15. The zero-order chi connectivity index (χ0) is 14.6. The quantitative estimate of drug-likeness (QED) is 0.634. The lowest BCUT2D eigenvalue weighted by Gasteiger charge is -2.26. The van der Waals surface area contributed by atoms with E-state index >= 15 is 0 Å². The van der Waals surface area contributed by atoms with Crippen LogP contribution in [0.1, 0.15) is 30.9 Å². The van der Waals surface area contributed by atoms with Crippen molar-refractivity contribution >= 4 is 9.84 Å². The van der Waals surface area contributed by atoms with Crippen LogP contribution in [-0.4, -0.2) is 27.9 Å². The van der Waals surface area contributed by atoms with E-state index in [4.69, 9.17) is 10.6 Å². The molecule has 0 aromatic heterocycles. The Labute approximate surface area is 120 Å². The zero-order valence-corrected chi connectivity index (χ0v) is 12.5. The third-order valence-corrected chi connectivity index (χ3v) is 4.95. The maximum atomic E-state index is 11.4. The van der Waals surface area contributed by atoms with Gasteiger partial charge in [-0.15, -0.1) is 0 Å². The molecule has 0 radical (unpaired) electrons. The second kappa shape index (κ2) is 6.67. The van der Waals surface area contributed by atoms with Crippen molar-refractivity contribution in [2.24, 2.45) is 11.8 Å². The normalized spacial score (nSPS) is 18.9. The van der Waals surface area contributed by atoms with Crippen LogP contribution in [0.3, 0.4) is 0 Å². The lowest BCUT2D eigenvalue weighted by Crippen LogP contribution is -2.31. The Morgan fingerprint density at radius 3 is 2.40 bits per heavy atom. The van der Waals surface area contributed by atoms with Gasteiger partial charge in [-0.05, 0) is 42.9 Å². The third kappa shape index (κ3) is 4.02. The maximum Gasteiger partial charge on any atom is 0.175 e. The summed E-state index contributed by atoms with van der Waals surface area (Å²) < 4.78 is 28.2. The minimum absolute atomic E-state index is 0.0479. The van der Waals surface area contributed by atoms with Gasteiger partial charge in [0.1, 0.15) is 0 Å². The molecule has 5 nitrogen and oxygen atoms in total. The van der Waals surface area contributed by atoms with E-state index in [9.17, 15) is 8.42 Å². The van der Waals surface area contributed by atoms with E-state index in [-0.39, 0.29) is 6.04 Å². The Morgan fingerprint density at radius 2 is 1.90 bits per heavy atom. The largest absolute Gasteiger partial charge is 0.381 e. The van der Waals surface area contributed by atoms with Gasteiger partial charge in [0.2, 0.25) is 0 Å². The van der Waals surface area contributed by atoms with Crippen LogP contribution in [0.25, 0.3) is 0 Å². The summed E-state index contributed by atoms with van der Waals surface area (Å²) in [6.45, 7) is 1.63. The predicted molar refractivity (Wildman–Crippen MR) is 77.8 cm³/mol. The minimum atomic E-state index is -3.15. The van der Waals surface area contributed by atoms with Crippen molar-refractivity contribution in [3.63, 3.8) is 0 Å². The molecule has 1 aliphatic heterocycles. The second-order valence-electron chi connectivity index (χ2n) is 5.35. The number of nitrogens with two attached hydrogens (primary N) is 1. The number of ether oxygens (including phenoxy) is 1. The van der Waals surface area contributed by atoms with Gasteiger partial charge in [-0.3, -0.25) is 11.3 Å². The standard InChI is InChI=1S/C14H22N2O3S/c1-20(17,18)13-4-2-12(3-5-13)14(16-15)10-11-6-8-19-9-7-11/h2-5,11,14,16H,6-10,15H2,1H3. The summed E-state index contributed by atoms with van der Waals surface area (Å²) in [6, 6.07) is 6.99. The summed E-state index contributed by atoms with van der Waals surface area (Å²) in [5.41, 5.74) is 3.85. The monoisotopic (exact) mass is 298 g/mol. The SMILES string of the molecule is CS(=O)(=O)c1ccc(C(CC2CCOCC2)NN)cc1. The van der Waals surface area contributed by atoms with Crippen LogP contribution < -0.4 is 11.3 Å². The Hall–Kier alpha value is -0.950. The van der Waals surface area contributed by atoms with Gasteiger partial charge in [-0.1, -0.05) is 12.1 Å². The van der Waals surface area contributed by atoms with Gasteiger partial charge in [0.05, 0.1) is 4.90 Å². The van der Waals surface area contributed by atoms with E-state index in [1.54, 1.807) is 12.1 Å². The van der Waals surface area contributed by atoms with Crippen molar-refractivity contribution in [3.05, 3.63) is 29.8 Å². The van der Waals surface area contributed by atoms with E-state index < -0.39 is 9.84 Å². The summed E-state index contributed by atoms with van der Waals surface area (Å²) in [6.07, 6.45) is 4.26. The minimum Gasteiger partial charge on any atom is -0.381 e. The molecule has 2 rings (SSSR count). The summed E-state index contributed by atoms with van der Waals surface area (Å²) >= 11 is 0. The molecule has 0 spiro atoms. The molecular formula is C14H22N2O3S. The molecule has 0 bridgehead atoms. The molecule has 0 amide bonds. The van der Waals surface area contributed by atoms with E-state index in [1.807, 2.05) is 12.1 Å². The van der Waals surface area contributed by atoms with Crippen LogP contribution in [0.4, 0.5) is 0 Å². The van der Waals surface area contributed by atoms with E-state index in [0.717, 1.165) is 38.0 Å². The molecule has 3 N–H and O–H groups in total. The van der Waals surface area contributed by atoms with Crippen LogP contribution in [0, 0.1) is 5.92 Å². The Balaban J connectivity index is 2.07. The van der Waals surface area contributed by atoms with Crippen LogP contribution >= 0.6 is 0 Å². The highest BCUT2D eigenvalue weighted by molar-refractivity contribution is 7.90. The summed E-state index contributed by atoms with van der Waals surface area (Å²) in [4.78, 5) is 0.336. The average molecular weight is 298 g/mol. The molecule has 0 aliphatic carbocycles. The van der Waals surface area contributed by atoms with Crippen molar-refractivity contribution in [2.45, 2.75) is 30.2 Å². The van der Waals surface area contributed by atoms with E-state index in [0.29, 0.717) is 10.8 Å². The predicted octanol–water partition coefficient (Wildman–Crippen LogP) is 1.41. The molecule has 6 heteroatoms. The Bertz CT molecular complexity index is 522. The van der Waals surface area contributed by atoms with Crippen molar-refractivity contribution < 1.29 is 13.2 Å². The van der Waals surface area contributed by atoms with Crippen molar-refractivity contribution in [3.8, 4) is 0 Å². The second-order valence-corrected chi connectivity index (χ2v) is 7.37. The topological polar surface area (TPSA) is 81.4 Å². The average Bonchev–Trinajstić information content (AvgIpc) is 2.45. The van der Waals surface area contributed by atoms with Crippen LogP contribution in [-0.2, 0) is 14.6 Å². The van der Waals surface area contributed by atoms with Gasteiger partial charge in [-0.25, -0.2) is 8.42 Å². The van der Waals surface area contributed by atoms with E-state index in [1.165, 1.54) is 6.26 Å². The first-order valence-corrected chi connectivity index (χ1v) is 8.73. The fraction of sp³-hybridized carbons (Fsp3) is 0.571. The summed E-state index contributed by atoms with van der Waals surface area (Å²) in [5, 5.41) is 0. The van der Waals surface area contributed by atoms with E-state index in [2.05, 4.69) is 5.43 Å². The third-order valence-electron chi connectivity index (χ3n) is 3.82. The van der Waals surface area contributed by atoms with Crippen LogP contribution in [0.5, 0.6) is 0 Å².